The summed E-state index contributed by atoms with van der Waals surface area (Å²) in [4.78, 5) is 9.70. The summed E-state index contributed by atoms with van der Waals surface area (Å²) in [5, 5.41) is 0. The van der Waals surface area contributed by atoms with Crippen LogP contribution >= 0.6 is 0 Å². The number of hydrogen-bond donors (Lipinski definition) is 1. The molecule has 0 radical (unpaired) electrons. The summed E-state index contributed by atoms with van der Waals surface area (Å²) in [6.07, 6.45) is 0. The van der Waals surface area contributed by atoms with Gasteiger partial charge in [-0.2, -0.15) is 8.42 Å². The summed E-state index contributed by atoms with van der Waals surface area (Å²) in [5.74, 6) is -1.06. The number of carbonyl (C=O) groups is 1. The van der Waals surface area contributed by atoms with Gasteiger partial charge in [-0.1, -0.05) is 0 Å². The van der Waals surface area contributed by atoms with Crippen LogP contribution in [0.3, 0.4) is 0 Å². The van der Waals surface area contributed by atoms with Crippen LogP contribution in [0.5, 0.6) is 0 Å². The van der Waals surface area contributed by atoms with Crippen LogP contribution in [0.25, 0.3) is 0 Å². The van der Waals surface area contributed by atoms with Crippen molar-refractivity contribution in [2.45, 2.75) is 6.92 Å². The van der Waals surface area contributed by atoms with Gasteiger partial charge in [0.25, 0.3) is 0 Å². The Balaban J connectivity index is -0.000000245. The number of carbonyl (C=O) groups excluding carboxylic acids is 1. The minimum Gasteiger partial charge on any atom is 0 e. The average molecular weight is 223 g/mol. The van der Waals surface area contributed by atoms with Gasteiger partial charge in [-0.3, -0.25) is 9.35 Å². The van der Waals surface area contributed by atoms with E-state index >= 15 is 0 Å². The van der Waals surface area contributed by atoms with Crippen LogP contribution in [0.1, 0.15) is 6.92 Å². The van der Waals surface area contributed by atoms with Crippen molar-refractivity contribution >= 4 is 45.9 Å². The number of hydrogen-bond acceptors (Lipinski definition) is 4. The molecule has 0 aliphatic heterocycles. The Bertz CT molecular complexity index is 186. The van der Waals surface area contributed by atoms with Gasteiger partial charge in [0.15, 0.2) is 0 Å². The molecule has 0 aromatic heterocycles. The van der Waals surface area contributed by atoms with E-state index in [1.54, 1.807) is 0 Å². The van der Waals surface area contributed by atoms with Gasteiger partial charge in [0, 0.05) is 23.4 Å². The fraction of sp³-hybridized carbons (Fsp3) is 0.500. The minimum absolute atomic E-state index is 0. The maximum absolute atomic E-state index is 9.70. The monoisotopic (exact) mass is 222 g/mol. The molecule has 0 aliphatic carbocycles. The second-order valence-electron chi connectivity index (χ2n) is 1.00. The van der Waals surface area contributed by atoms with E-state index in [4.69, 9.17) is 4.55 Å². The molecule has 0 unspecified atom stereocenters. The maximum atomic E-state index is 9.70. The van der Waals surface area contributed by atoms with Crippen molar-refractivity contribution < 1.29 is 38.4 Å². The van der Waals surface area contributed by atoms with Gasteiger partial charge in [0.2, 0.25) is 0 Å². The Kier molecular flexibility index (Phi) is 11.2. The van der Waals surface area contributed by atoms with E-state index in [-0.39, 0.29) is 46.0 Å². The zero-order valence-electron chi connectivity index (χ0n) is 4.30. The van der Waals surface area contributed by atoms with Gasteiger partial charge in [0.1, 0.15) is 0 Å². The molecule has 0 aromatic carbocycles. The fourth-order valence-corrected chi connectivity index (χ4v) is 0.445. The van der Waals surface area contributed by atoms with Crippen molar-refractivity contribution in [3.05, 3.63) is 0 Å². The maximum Gasteiger partial charge on any atom is 0 e. The molecular weight excluding hydrogens is 218 g/mol. The Morgan fingerprint density at radius 2 is 1.80 bits per heavy atom. The molecule has 0 saturated carbocycles. The van der Waals surface area contributed by atoms with E-state index in [2.05, 4.69) is 4.18 Å². The third-order valence-corrected chi connectivity index (χ3v) is 0.668. The van der Waals surface area contributed by atoms with Crippen LogP contribution in [-0.2, 0) is 35.9 Å². The van der Waals surface area contributed by atoms with Crippen molar-refractivity contribution in [2.24, 2.45) is 0 Å². The van der Waals surface area contributed by atoms with E-state index in [1.165, 1.54) is 0 Å². The third-order valence-electron chi connectivity index (χ3n) is 0.223. The van der Waals surface area contributed by atoms with E-state index in [9.17, 15) is 13.2 Å². The van der Waals surface area contributed by atoms with Gasteiger partial charge in [-0.25, -0.2) is 0 Å². The molecule has 0 atom stereocenters. The normalized spacial score (nSPS) is 8.60. The van der Waals surface area contributed by atoms with Gasteiger partial charge < -0.3 is 4.18 Å². The van der Waals surface area contributed by atoms with Crippen molar-refractivity contribution in [2.75, 3.05) is 0 Å². The quantitative estimate of drug-likeness (QED) is 0.441. The molecule has 10 heavy (non-hydrogen) atoms. The number of rotatable bonds is 1. The summed E-state index contributed by atoms with van der Waals surface area (Å²) in [5.41, 5.74) is 0. The van der Waals surface area contributed by atoms with Crippen molar-refractivity contribution in [3.8, 4) is 0 Å². The van der Waals surface area contributed by atoms with Crippen molar-refractivity contribution in [1.29, 1.82) is 0 Å². The summed E-state index contributed by atoms with van der Waals surface area (Å²) in [6, 6.07) is 0. The van der Waals surface area contributed by atoms with E-state index < -0.39 is 16.4 Å². The predicted octanol–water partition coefficient (Wildman–Crippen LogP) is -1.30. The summed E-state index contributed by atoms with van der Waals surface area (Å²) >= 11 is 0. The molecule has 0 rings (SSSR count). The van der Waals surface area contributed by atoms with Crippen LogP contribution in [0.15, 0.2) is 0 Å². The largest absolute Gasteiger partial charge is 0 e. The summed E-state index contributed by atoms with van der Waals surface area (Å²) in [6.45, 7) is 0.869. The molecule has 60 valence electrons. The molecule has 1 N–H and O–H groups in total. The predicted molar refractivity (Wildman–Crippen MR) is 30.5 cm³/mol. The zero-order chi connectivity index (χ0) is 6.78. The Morgan fingerprint density at radius 1 is 1.50 bits per heavy atom. The van der Waals surface area contributed by atoms with Gasteiger partial charge in [0.05, 0.1) is 0 Å². The molecule has 0 fully saturated rings. The molecule has 0 aliphatic rings. The first-order valence-corrected chi connectivity index (χ1v) is 2.96. The molecular formula is C2H5NaNiO5S. The average Bonchev–Trinajstić information content (AvgIpc) is 1.21. The first kappa shape index (κ1) is 17.1. The second-order valence-corrected chi connectivity index (χ2v) is 2.02. The topological polar surface area (TPSA) is 80.7 Å². The fourth-order valence-electron chi connectivity index (χ4n) is 0.148. The van der Waals surface area contributed by atoms with Crippen molar-refractivity contribution in [3.63, 3.8) is 0 Å². The van der Waals surface area contributed by atoms with Crippen LogP contribution < -0.4 is 0 Å². The van der Waals surface area contributed by atoms with Gasteiger partial charge in [-0.05, 0) is 0 Å². The molecule has 0 bridgehead atoms. The smallest absolute Gasteiger partial charge is 0 e. The standard InChI is InChI=1S/C2H4O5S.Na.Ni.H/c1-2(3)7-8(4,5)6;;;/h1H3,(H,4,5,6);;;. The first-order chi connectivity index (χ1) is 3.42. The van der Waals surface area contributed by atoms with Crippen molar-refractivity contribution in [1.82, 2.24) is 0 Å². The summed E-state index contributed by atoms with van der Waals surface area (Å²) in [7, 11) is -4.57. The van der Waals surface area contributed by atoms with Crippen LogP contribution in [0, 0.1) is 0 Å². The molecule has 0 spiro atoms. The van der Waals surface area contributed by atoms with E-state index in [1.807, 2.05) is 0 Å². The molecule has 0 amide bonds. The van der Waals surface area contributed by atoms with Crippen LogP contribution in [-0.4, -0.2) is 48.5 Å². The molecule has 0 aromatic rings. The first-order valence-electron chi connectivity index (χ1n) is 1.59. The molecule has 8 heteroatoms. The SMILES string of the molecule is CC(=O)OS(=O)(=O)O.[NaH].[Ni]. The van der Waals surface area contributed by atoms with E-state index in [0.29, 0.717) is 0 Å². The van der Waals surface area contributed by atoms with Gasteiger partial charge >= 0.3 is 45.9 Å². The Morgan fingerprint density at radius 3 is 1.80 bits per heavy atom. The summed E-state index contributed by atoms with van der Waals surface area (Å²) < 4.78 is 30.2. The minimum atomic E-state index is -4.57. The second kappa shape index (κ2) is 6.58. The van der Waals surface area contributed by atoms with Gasteiger partial charge in [-0.15, -0.1) is 0 Å². The Hall–Kier alpha value is 0.874. The molecule has 5 nitrogen and oxygen atoms in total. The van der Waals surface area contributed by atoms with E-state index in [0.717, 1.165) is 6.92 Å². The van der Waals surface area contributed by atoms with Crippen LogP contribution in [0.4, 0.5) is 0 Å². The molecule has 0 heterocycles. The zero-order valence-corrected chi connectivity index (χ0v) is 6.11. The Labute approximate surface area is 90.7 Å². The third kappa shape index (κ3) is 15.9. The van der Waals surface area contributed by atoms with Crippen LogP contribution in [0.2, 0.25) is 0 Å². The molecule has 0 saturated heterocycles.